The number of hydrogen-bond acceptors (Lipinski definition) is 6. The molecule has 134 valence electrons. The van der Waals surface area contributed by atoms with Crippen molar-refractivity contribution < 1.29 is 0 Å². The predicted octanol–water partition coefficient (Wildman–Crippen LogP) is 2.61. The number of fused-ring (bicyclic) bond motifs is 2. The number of pyridine rings is 1. The van der Waals surface area contributed by atoms with Crippen LogP contribution < -0.4 is 10.5 Å². The highest BCUT2D eigenvalue weighted by Crippen LogP contribution is 2.34. The van der Waals surface area contributed by atoms with Gasteiger partial charge >= 0.3 is 0 Å². The van der Waals surface area contributed by atoms with Crippen molar-refractivity contribution in [1.82, 2.24) is 24.5 Å². The Morgan fingerprint density at radius 3 is 2.78 bits per heavy atom. The Morgan fingerprint density at radius 2 is 1.85 bits per heavy atom. The summed E-state index contributed by atoms with van der Waals surface area (Å²) in [6.45, 7) is 0.867. The fraction of sp³-hybridized carbons (Fsp3) is 0.250. The van der Waals surface area contributed by atoms with Crippen LogP contribution in [0.4, 0.5) is 5.82 Å². The van der Waals surface area contributed by atoms with E-state index in [1.165, 1.54) is 0 Å². The van der Waals surface area contributed by atoms with E-state index in [0.717, 1.165) is 42.1 Å². The molecule has 4 heterocycles. The second-order valence-electron chi connectivity index (χ2n) is 6.77. The standard InChI is InChI=1S/C20H18N6O/c1-25-19(23-14-6-3-2-5-13(14)20(25)27)16-7-4-12-26(16)17-9-8-15-18(24-17)22-11-10-21-15/h2-3,5-6,8-11,16H,4,7,12H2,1H3. The summed E-state index contributed by atoms with van der Waals surface area (Å²) in [5.74, 6) is 1.62. The highest BCUT2D eigenvalue weighted by atomic mass is 16.1. The van der Waals surface area contributed by atoms with E-state index in [1.54, 1.807) is 24.0 Å². The van der Waals surface area contributed by atoms with Crippen LogP contribution >= 0.6 is 0 Å². The van der Waals surface area contributed by atoms with Gasteiger partial charge in [-0.15, -0.1) is 0 Å². The fourth-order valence-corrected chi connectivity index (χ4v) is 3.85. The quantitative estimate of drug-likeness (QED) is 0.548. The van der Waals surface area contributed by atoms with E-state index in [4.69, 9.17) is 4.98 Å². The second kappa shape index (κ2) is 6.12. The number of aromatic nitrogens is 5. The molecular weight excluding hydrogens is 340 g/mol. The summed E-state index contributed by atoms with van der Waals surface area (Å²) in [5.41, 5.74) is 2.12. The number of anilines is 1. The summed E-state index contributed by atoms with van der Waals surface area (Å²) in [6.07, 6.45) is 5.26. The smallest absolute Gasteiger partial charge is 0.261 e. The fourth-order valence-electron chi connectivity index (χ4n) is 3.85. The summed E-state index contributed by atoms with van der Waals surface area (Å²) in [7, 11) is 1.80. The third-order valence-electron chi connectivity index (χ3n) is 5.18. The lowest BCUT2D eigenvalue weighted by Crippen LogP contribution is -2.31. The first-order chi connectivity index (χ1) is 13.2. The maximum absolute atomic E-state index is 12.8. The molecule has 0 N–H and O–H groups in total. The molecule has 1 fully saturated rings. The van der Waals surface area contributed by atoms with Crippen LogP contribution in [0.15, 0.2) is 53.6 Å². The summed E-state index contributed by atoms with van der Waals surface area (Å²) in [6, 6.07) is 11.4. The summed E-state index contributed by atoms with van der Waals surface area (Å²) in [4.78, 5) is 33.1. The van der Waals surface area contributed by atoms with E-state index in [1.807, 2.05) is 36.4 Å². The van der Waals surface area contributed by atoms with Gasteiger partial charge in [0.1, 0.15) is 17.2 Å². The van der Waals surface area contributed by atoms with Crippen LogP contribution in [0.3, 0.4) is 0 Å². The molecule has 7 nitrogen and oxygen atoms in total. The molecule has 3 aromatic heterocycles. The highest BCUT2D eigenvalue weighted by Gasteiger charge is 2.30. The lowest BCUT2D eigenvalue weighted by molar-refractivity contribution is 0.608. The first kappa shape index (κ1) is 15.9. The summed E-state index contributed by atoms with van der Waals surface area (Å²) >= 11 is 0. The van der Waals surface area contributed by atoms with E-state index >= 15 is 0 Å². The Morgan fingerprint density at radius 1 is 1.00 bits per heavy atom. The molecule has 7 heteroatoms. The van der Waals surface area contributed by atoms with E-state index in [9.17, 15) is 4.79 Å². The predicted molar refractivity (Wildman–Crippen MR) is 104 cm³/mol. The van der Waals surface area contributed by atoms with Crippen molar-refractivity contribution in [2.75, 3.05) is 11.4 Å². The Hall–Kier alpha value is -3.35. The van der Waals surface area contributed by atoms with Gasteiger partial charge in [0.2, 0.25) is 0 Å². The van der Waals surface area contributed by atoms with Crippen LogP contribution in [-0.4, -0.2) is 31.0 Å². The van der Waals surface area contributed by atoms with E-state index in [2.05, 4.69) is 19.9 Å². The van der Waals surface area contributed by atoms with Crippen molar-refractivity contribution in [3.63, 3.8) is 0 Å². The van der Waals surface area contributed by atoms with Gasteiger partial charge in [-0.25, -0.2) is 15.0 Å². The minimum Gasteiger partial charge on any atom is -0.346 e. The SMILES string of the molecule is Cn1c(C2CCCN2c2ccc3nccnc3n2)nc2ccccc2c1=O. The van der Waals surface area contributed by atoms with Gasteiger partial charge in [-0.2, -0.15) is 0 Å². The van der Waals surface area contributed by atoms with E-state index in [-0.39, 0.29) is 11.6 Å². The number of rotatable bonds is 2. The van der Waals surface area contributed by atoms with Crippen molar-refractivity contribution in [2.24, 2.45) is 7.05 Å². The highest BCUT2D eigenvalue weighted by molar-refractivity contribution is 5.77. The summed E-state index contributed by atoms with van der Waals surface area (Å²) in [5, 5.41) is 0.646. The van der Waals surface area contributed by atoms with E-state index < -0.39 is 0 Å². The lowest BCUT2D eigenvalue weighted by Gasteiger charge is -2.26. The minimum absolute atomic E-state index is 0.00827. The molecule has 0 saturated carbocycles. The van der Waals surface area contributed by atoms with Gasteiger partial charge in [-0.3, -0.25) is 14.3 Å². The summed E-state index contributed by atoms with van der Waals surface area (Å²) < 4.78 is 1.67. The average Bonchev–Trinajstić information content (AvgIpc) is 3.20. The molecule has 1 aromatic carbocycles. The van der Waals surface area contributed by atoms with Crippen LogP contribution in [0.2, 0.25) is 0 Å². The molecule has 27 heavy (non-hydrogen) atoms. The number of hydrogen-bond donors (Lipinski definition) is 0. The van der Waals surface area contributed by atoms with Crippen LogP contribution in [0.1, 0.15) is 24.7 Å². The van der Waals surface area contributed by atoms with Crippen LogP contribution in [0.25, 0.3) is 22.1 Å². The molecule has 5 rings (SSSR count). The zero-order chi connectivity index (χ0) is 18.4. The average molecular weight is 358 g/mol. The van der Waals surface area contributed by atoms with Crippen LogP contribution in [0, 0.1) is 0 Å². The largest absolute Gasteiger partial charge is 0.346 e. The monoisotopic (exact) mass is 358 g/mol. The second-order valence-corrected chi connectivity index (χ2v) is 6.77. The molecule has 0 amide bonds. The molecule has 0 radical (unpaired) electrons. The molecular formula is C20H18N6O. The molecule has 0 bridgehead atoms. The van der Waals surface area contributed by atoms with Crippen molar-refractivity contribution in [3.8, 4) is 0 Å². The Labute approximate surface area is 155 Å². The molecule has 0 spiro atoms. The molecule has 1 unspecified atom stereocenters. The maximum atomic E-state index is 12.8. The Bertz CT molecular complexity index is 1220. The molecule has 1 aliphatic rings. The normalized spacial score (nSPS) is 17.1. The Kier molecular flexibility index (Phi) is 3.60. The Balaban J connectivity index is 1.63. The lowest BCUT2D eigenvalue weighted by atomic mass is 10.1. The van der Waals surface area contributed by atoms with Crippen LogP contribution in [0.5, 0.6) is 0 Å². The minimum atomic E-state index is -0.0141. The zero-order valence-electron chi connectivity index (χ0n) is 14.9. The first-order valence-corrected chi connectivity index (χ1v) is 9.02. The number of para-hydroxylation sites is 1. The van der Waals surface area contributed by atoms with Crippen molar-refractivity contribution >= 4 is 27.9 Å². The first-order valence-electron chi connectivity index (χ1n) is 9.02. The van der Waals surface area contributed by atoms with Gasteiger partial charge in [0.05, 0.1) is 16.9 Å². The third-order valence-corrected chi connectivity index (χ3v) is 5.18. The maximum Gasteiger partial charge on any atom is 0.261 e. The molecule has 1 aliphatic heterocycles. The van der Waals surface area contributed by atoms with Gasteiger partial charge < -0.3 is 4.90 Å². The van der Waals surface area contributed by atoms with Crippen LogP contribution in [-0.2, 0) is 7.05 Å². The molecule has 0 aliphatic carbocycles. The number of nitrogens with zero attached hydrogens (tertiary/aromatic N) is 6. The van der Waals surface area contributed by atoms with Gasteiger partial charge in [0, 0.05) is 26.0 Å². The van der Waals surface area contributed by atoms with Crippen molar-refractivity contribution in [1.29, 1.82) is 0 Å². The van der Waals surface area contributed by atoms with Gasteiger partial charge in [-0.05, 0) is 37.1 Å². The van der Waals surface area contributed by atoms with Crippen molar-refractivity contribution in [3.05, 3.63) is 65.0 Å². The number of benzene rings is 1. The van der Waals surface area contributed by atoms with Gasteiger partial charge in [-0.1, -0.05) is 12.1 Å². The molecule has 4 aromatic rings. The third kappa shape index (κ3) is 2.54. The molecule has 1 atom stereocenters. The van der Waals surface area contributed by atoms with Crippen molar-refractivity contribution in [2.45, 2.75) is 18.9 Å². The molecule has 1 saturated heterocycles. The topological polar surface area (TPSA) is 76.8 Å². The van der Waals surface area contributed by atoms with Gasteiger partial charge in [0.15, 0.2) is 5.65 Å². The van der Waals surface area contributed by atoms with E-state index in [0.29, 0.717) is 11.0 Å². The van der Waals surface area contributed by atoms with Gasteiger partial charge in [0.25, 0.3) is 5.56 Å². The zero-order valence-corrected chi connectivity index (χ0v) is 14.9.